The van der Waals surface area contributed by atoms with Crippen molar-refractivity contribution in [1.29, 1.82) is 0 Å². The number of methoxy groups -OCH3 is 2. The molecule has 0 saturated carbocycles. The molecule has 6 nitrogen and oxygen atoms in total. The Morgan fingerprint density at radius 2 is 2.00 bits per heavy atom. The van der Waals surface area contributed by atoms with E-state index in [1.54, 1.807) is 7.11 Å². The molecule has 0 aromatic heterocycles. The van der Waals surface area contributed by atoms with Crippen molar-refractivity contribution < 1.29 is 24.1 Å². The Bertz CT molecular complexity index is 238. The molecule has 120 valence electrons. The van der Waals surface area contributed by atoms with Gasteiger partial charge in [0.25, 0.3) is 0 Å². The highest BCUT2D eigenvalue weighted by Gasteiger charge is 2.13. The second-order valence-electron chi connectivity index (χ2n) is 4.70. The highest BCUT2D eigenvalue weighted by molar-refractivity contribution is 5.69. The normalized spacial score (nSPS) is 12.7. The van der Waals surface area contributed by atoms with Crippen molar-refractivity contribution in [2.45, 2.75) is 32.3 Å². The number of unbranched alkanes of at least 4 members (excludes halogenated alkanes) is 1. The molecule has 0 saturated heterocycles. The van der Waals surface area contributed by atoms with Crippen LogP contribution < -0.4 is 0 Å². The molecule has 1 unspecified atom stereocenters. The molecule has 0 radical (unpaired) electrons. The predicted molar refractivity (Wildman–Crippen MR) is 76.7 cm³/mol. The van der Waals surface area contributed by atoms with Gasteiger partial charge in [0.15, 0.2) is 0 Å². The number of rotatable bonds is 13. The number of aliphatic hydroxyl groups is 1. The summed E-state index contributed by atoms with van der Waals surface area (Å²) in [6, 6.07) is 0. The number of hydrogen-bond donors (Lipinski definition) is 1. The highest BCUT2D eigenvalue weighted by Crippen LogP contribution is 1.99. The predicted octanol–water partition coefficient (Wildman–Crippen LogP) is 0.676. The fourth-order valence-corrected chi connectivity index (χ4v) is 1.68. The number of carbonyl (C=O) groups is 1. The summed E-state index contributed by atoms with van der Waals surface area (Å²) in [5.74, 6) is -0.249. The zero-order valence-electron chi connectivity index (χ0n) is 13.0. The zero-order valence-corrected chi connectivity index (χ0v) is 13.0. The van der Waals surface area contributed by atoms with E-state index in [4.69, 9.17) is 9.47 Å². The summed E-state index contributed by atoms with van der Waals surface area (Å²) in [4.78, 5) is 13.1. The van der Waals surface area contributed by atoms with Gasteiger partial charge in [0.1, 0.15) is 0 Å². The second-order valence-corrected chi connectivity index (χ2v) is 4.70. The van der Waals surface area contributed by atoms with Gasteiger partial charge in [0, 0.05) is 33.4 Å². The van der Waals surface area contributed by atoms with Crippen molar-refractivity contribution in [2.75, 3.05) is 53.7 Å². The molecular weight excluding hydrogens is 262 g/mol. The van der Waals surface area contributed by atoms with Gasteiger partial charge < -0.3 is 19.3 Å². The first kappa shape index (κ1) is 19.3. The van der Waals surface area contributed by atoms with Gasteiger partial charge in [-0.15, -0.1) is 0 Å². The molecule has 0 amide bonds. The van der Waals surface area contributed by atoms with Crippen molar-refractivity contribution in [2.24, 2.45) is 0 Å². The molecule has 0 aliphatic heterocycles. The first-order valence-electron chi connectivity index (χ1n) is 7.17. The van der Waals surface area contributed by atoms with Crippen LogP contribution in [-0.4, -0.2) is 75.8 Å². The van der Waals surface area contributed by atoms with E-state index in [2.05, 4.69) is 11.7 Å². The minimum atomic E-state index is -0.554. The van der Waals surface area contributed by atoms with Gasteiger partial charge in [0.2, 0.25) is 0 Å². The highest BCUT2D eigenvalue weighted by atomic mass is 16.5. The van der Waals surface area contributed by atoms with Crippen LogP contribution in [0.5, 0.6) is 0 Å². The molecule has 0 aromatic carbocycles. The molecule has 0 aliphatic rings. The third-order valence-electron chi connectivity index (χ3n) is 2.89. The van der Waals surface area contributed by atoms with Gasteiger partial charge in [-0.2, -0.15) is 0 Å². The Hall–Kier alpha value is -0.690. The SMILES string of the molecule is CCCCOCC(O)CN(CCOC)CCC(=O)OC. The number of aliphatic hydroxyl groups excluding tert-OH is 1. The summed E-state index contributed by atoms with van der Waals surface area (Å²) in [5.41, 5.74) is 0. The maximum Gasteiger partial charge on any atom is 0.306 e. The Balaban J connectivity index is 3.95. The molecule has 0 aromatic rings. The van der Waals surface area contributed by atoms with E-state index in [-0.39, 0.29) is 5.97 Å². The molecule has 0 bridgehead atoms. The Labute approximate surface area is 122 Å². The fraction of sp³-hybridized carbons (Fsp3) is 0.929. The average Bonchev–Trinajstić information content (AvgIpc) is 2.46. The number of esters is 1. The fourth-order valence-electron chi connectivity index (χ4n) is 1.68. The lowest BCUT2D eigenvalue weighted by atomic mass is 10.3. The average molecular weight is 291 g/mol. The van der Waals surface area contributed by atoms with Crippen LogP contribution in [0.3, 0.4) is 0 Å². The van der Waals surface area contributed by atoms with Gasteiger partial charge in [-0.05, 0) is 6.42 Å². The van der Waals surface area contributed by atoms with E-state index in [1.165, 1.54) is 7.11 Å². The van der Waals surface area contributed by atoms with E-state index in [0.717, 1.165) is 12.8 Å². The van der Waals surface area contributed by atoms with E-state index in [1.807, 2.05) is 4.90 Å². The molecule has 1 N–H and O–H groups in total. The van der Waals surface area contributed by atoms with Crippen LogP contribution in [0.4, 0.5) is 0 Å². The van der Waals surface area contributed by atoms with Crippen molar-refractivity contribution in [3.63, 3.8) is 0 Å². The Morgan fingerprint density at radius 3 is 2.60 bits per heavy atom. The maximum atomic E-state index is 11.2. The molecule has 0 aliphatic carbocycles. The zero-order chi connectivity index (χ0) is 15.2. The van der Waals surface area contributed by atoms with Crippen LogP contribution in [0.25, 0.3) is 0 Å². The van der Waals surface area contributed by atoms with Crippen molar-refractivity contribution in [3.8, 4) is 0 Å². The quantitative estimate of drug-likeness (QED) is 0.397. The van der Waals surface area contributed by atoms with E-state index < -0.39 is 6.10 Å². The van der Waals surface area contributed by atoms with E-state index >= 15 is 0 Å². The summed E-state index contributed by atoms with van der Waals surface area (Å²) in [6.45, 7) is 5.33. The minimum Gasteiger partial charge on any atom is -0.469 e. The van der Waals surface area contributed by atoms with Gasteiger partial charge >= 0.3 is 5.97 Å². The van der Waals surface area contributed by atoms with Crippen LogP contribution in [0.1, 0.15) is 26.2 Å². The summed E-state index contributed by atoms with van der Waals surface area (Å²) < 4.78 is 15.0. The lowest BCUT2D eigenvalue weighted by molar-refractivity contribution is -0.141. The van der Waals surface area contributed by atoms with Crippen LogP contribution in [0, 0.1) is 0 Å². The lowest BCUT2D eigenvalue weighted by Crippen LogP contribution is -2.38. The monoisotopic (exact) mass is 291 g/mol. The van der Waals surface area contributed by atoms with Gasteiger partial charge in [-0.3, -0.25) is 9.69 Å². The van der Waals surface area contributed by atoms with E-state index in [9.17, 15) is 9.90 Å². The second kappa shape index (κ2) is 13.3. The first-order chi connectivity index (χ1) is 9.63. The van der Waals surface area contributed by atoms with Gasteiger partial charge in [-0.25, -0.2) is 0 Å². The molecule has 0 spiro atoms. The summed E-state index contributed by atoms with van der Waals surface area (Å²) in [5, 5.41) is 9.92. The molecule has 0 fully saturated rings. The van der Waals surface area contributed by atoms with Gasteiger partial charge in [0.05, 0.1) is 32.8 Å². The van der Waals surface area contributed by atoms with Crippen molar-refractivity contribution in [1.82, 2.24) is 4.90 Å². The van der Waals surface area contributed by atoms with Crippen LogP contribution in [0.15, 0.2) is 0 Å². The van der Waals surface area contributed by atoms with Crippen LogP contribution in [-0.2, 0) is 19.0 Å². The van der Waals surface area contributed by atoms with E-state index in [0.29, 0.717) is 45.9 Å². The molecular formula is C14H29NO5. The standard InChI is InChI=1S/C14H29NO5/c1-4-5-9-20-12-13(16)11-15(8-10-18-2)7-6-14(17)19-3/h13,16H,4-12H2,1-3H3. The maximum absolute atomic E-state index is 11.2. The number of nitrogens with zero attached hydrogens (tertiary/aromatic N) is 1. The van der Waals surface area contributed by atoms with Crippen molar-refractivity contribution in [3.05, 3.63) is 0 Å². The minimum absolute atomic E-state index is 0.249. The van der Waals surface area contributed by atoms with Crippen LogP contribution in [0.2, 0.25) is 0 Å². The summed E-state index contributed by atoms with van der Waals surface area (Å²) in [6.07, 6.45) is 1.84. The number of carbonyl (C=O) groups excluding carboxylic acids is 1. The summed E-state index contributed by atoms with van der Waals surface area (Å²) >= 11 is 0. The third kappa shape index (κ3) is 11.2. The third-order valence-corrected chi connectivity index (χ3v) is 2.89. The molecule has 0 rings (SSSR count). The number of ether oxygens (including phenoxy) is 3. The Kier molecular flexibility index (Phi) is 12.8. The summed E-state index contributed by atoms with van der Waals surface area (Å²) in [7, 11) is 3.00. The molecule has 0 heterocycles. The van der Waals surface area contributed by atoms with Crippen molar-refractivity contribution >= 4 is 5.97 Å². The molecule has 20 heavy (non-hydrogen) atoms. The smallest absolute Gasteiger partial charge is 0.306 e. The molecule has 1 atom stereocenters. The largest absolute Gasteiger partial charge is 0.469 e. The topological polar surface area (TPSA) is 68.2 Å². The number of hydrogen-bond acceptors (Lipinski definition) is 6. The molecule has 6 heteroatoms. The first-order valence-corrected chi connectivity index (χ1v) is 7.17. The van der Waals surface area contributed by atoms with Crippen LogP contribution >= 0.6 is 0 Å². The lowest BCUT2D eigenvalue weighted by Gasteiger charge is -2.24. The Morgan fingerprint density at radius 1 is 1.25 bits per heavy atom. The van der Waals surface area contributed by atoms with Gasteiger partial charge in [-0.1, -0.05) is 13.3 Å².